The lowest BCUT2D eigenvalue weighted by Gasteiger charge is -2.34. The van der Waals surface area contributed by atoms with E-state index in [9.17, 15) is 28.1 Å². The summed E-state index contributed by atoms with van der Waals surface area (Å²) in [6, 6.07) is 28.1. The first-order chi connectivity index (χ1) is 23.2. The number of carbonyl (C=O) groups excluding carboxylic acids is 2. The van der Waals surface area contributed by atoms with Gasteiger partial charge in [0, 0.05) is 31.1 Å². The van der Waals surface area contributed by atoms with Crippen molar-refractivity contribution < 1.29 is 27.7 Å². The van der Waals surface area contributed by atoms with E-state index in [1.165, 1.54) is 42.3 Å². The molecule has 1 aliphatic rings. The Balaban J connectivity index is 1.59. The number of nitro benzene ring substituents is 1. The Bertz CT molecular complexity index is 1830. The topological polar surface area (TPSA) is 139 Å². The van der Waals surface area contributed by atoms with E-state index in [2.05, 4.69) is 5.32 Å². The molecule has 12 heteroatoms. The molecule has 0 radical (unpaired) electrons. The van der Waals surface area contributed by atoms with Crippen LogP contribution in [-0.4, -0.2) is 55.8 Å². The summed E-state index contributed by atoms with van der Waals surface area (Å²) in [6.45, 7) is -0.746. The number of non-ortho nitro benzene ring substituents is 1. The summed E-state index contributed by atoms with van der Waals surface area (Å²) in [7, 11) is -2.86. The lowest BCUT2D eigenvalue weighted by atomic mass is 10.0. The second-order valence-electron chi connectivity index (χ2n) is 11.7. The van der Waals surface area contributed by atoms with Crippen LogP contribution in [-0.2, 0) is 32.6 Å². The minimum absolute atomic E-state index is 0.0237. The quantitative estimate of drug-likeness (QED) is 0.138. The highest BCUT2D eigenvalue weighted by molar-refractivity contribution is 7.92. The van der Waals surface area contributed by atoms with Gasteiger partial charge in [-0.1, -0.05) is 79.6 Å². The third-order valence-electron chi connectivity index (χ3n) is 8.40. The van der Waals surface area contributed by atoms with E-state index < -0.39 is 33.4 Å². The number of anilines is 1. The van der Waals surface area contributed by atoms with Gasteiger partial charge in [0.25, 0.3) is 15.7 Å². The zero-order valence-electron chi connectivity index (χ0n) is 26.6. The minimum atomic E-state index is -4.39. The Morgan fingerprint density at radius 1 is 0.896 bits per heavy atom. The van der Waals surface area contributed by atoms with Gasteiger partial charge in [-0.25, -0.2) is 8.42 Å². The van der Waals surface area contributed by atoms with Crippen LogP contribution in [0.25, 0.3) is 0 Å². The maximum absolute atomic E-state index is 14.6. The Labute approximate surface area is 280 Å². The number of carbonyl (C=O) groups is 2. The molecule has 250 valence electrons. The second-order valence-corrected chi connectivity index (χ2v) is 13.5. The number of sulfonamides is 1. The fourth-order valence-corrected chi connectivity index (χ4v) is 7.33. The minimum Gasteiger partial charge on any atom is -0.497 e. The number of nitrogens with one attached hydrogen (secondary N) is 1. The molecule has 0 aromatic heterocycles. The van der Waals surface area contributed by atoms with E-state index >= 15 is 0 Å². The molecular formula is C36H38N4O7S. The first-order valence-corrected chi connectivity index (χ1v) is 17.2. The molecule has 0 unspecified atom stereocenters. The van der Waals surface area contributed by atoms with E-state index in [-0.39, 0.29) is 41.2 Å². The van der Waals surface area contributed by atoms with E-state index in [4.69, 9.17) is 4.74 Å². The summed E-state index contributed by atoms with van der Waals surface area (Å²) in [6.07, 6.45) is 3.84. The normalized spacial score (nSPS) is 13.8. The zero-order valence-corrected chi connectivity index (χ0v) is 27.4. The van der Waals surface area contributed by atoms with Crippen molar-refractivity contribution in [3.63, 3.8) is 0 Å². The lowest BCUT2D eigenvalue weighted by molar-refractivity contribution is -0.384. The molecular weight excluding hydrogens is 632 g/mol. The number of methoxy groups -OCH3 is 1. The van der Waals surface area contributed by atoms with Crippen LogP contribution in [0.2, 0.25) is 0 Å². The first-order valence-electron chi connectivity index (χ1n) is 15.7. The average molecular weight is 671 g/mol. The van der Waals surface area contributed by atoms with E-state index in [0.29, 0.717) is 11.3 Å². The van der Waals surface area contributed by atoms with Crippen LogP contribution in [0.1, 0.15) is 36.8 Å². The molecule has 0 spiro atoms. The highest BCUT2D eigenvalue weighted by Crippen LogP contribution is 2.28. The average Bonchev–Trinajstić information content (AvgIpc) is 3.62. The fourth-order valence-electron chi connectivity index (χ4n) is 5.90. The number of nitrogens with zero attached hydrogens (tertiary/aromatic N) is 3. The van der Waals surface area contributed by atoms with Crippen molar-refractivity contribution in [3.05, 3.63) is 130 Å². The molecule has 1 fully saturated rings. The molecule has 48 heavy (non-hydrogen) atoms. The van der Waals surface area contributed by atoms with Crippen molar-refractivity contribution in [2.24, 2.45) is 0 Å². The summed E-state index contributed by atoms with van der Waals surface area (Å²) < 4.78 is 34.5. The molecule has 5 rings (SSSR count). The predicted octanol–water partition coefficient (Wildman–Crippen LogP) is 5.50. The smallest absolute Gasteiger partial charge is 0.271 e. The molecule has 1 N–H and O–H groups in total. The Morgan fingerprint density at radius 2 is 1.54 bits per heavy atom. The van der Waals surface area contributed by atoms with Gasteiger partial charge in [-0.2, -0.15) is 0 Å². The molecule has 4 aromatic carbocycles. The van der Waals surface area contributed by atoms with Crippen LogP contribution in [0.15, 0.2) is 114 Å². The summed E-state index contributed by atoms with van der Waals surface area (Å²) in [5.41, 5.74) is 1.10. The molecule has 1 saturated carbocycles. The van der Waals surface area contributed by atoms with Gasteiger partial charge in [-0.3, -0.25) is 24.0 Å². The third-order valence-corrected chi connectivity index (χ3v) is 10.2. The van der Waals surface area contributed by atoms with Gasteiger partial charge in [0.15, 0.2) is 0 Å². The van der Waals surface area contributed by atoms with E-state index in [1.54, 1.807) is 42.5 Å². The Hall–Kier alpha value is -5.23. The van der Waals surface area contributed by atoms with Crippen molar-refractivity contribution >= 4 is 33.2 Å². The number of rotatable bonds is 14. The van der Waals surface area contributed by atoms with Gasteiger partial charge < -0.3 is 15.0 Å². The zero-order chi connectivity index (χ0) is 34.1. The summed E-state index contributed by atoms with van der Waals surface area (Å²) >= 11 is 0. The highest BCUT2D eigenvalue weighted by atomic mass is 32.2. The van der Waals surface area contributed by atoms with Gasteiger partial charge in [-0.05, 0) is 54.3 Å². The maximum Gasteiger partial charge on any atom is 0.271 e. The Morgan fingerprint density at radius 3 is 2.21 bits per heavy atom. The number of benzene rings is 4. The Kier molecular flexibility index (Phi) is 11.1. The third kappa shape index (κ3) is 8.37. The van der Waals surface area contributed by atoms with Crippen molar-refractivity contribution in [2.45, 2.75) is 55.6 Å². The number of ether oxygens (including phenoxy) is 1. The monoisotopic (exact) mass is 670 g/mol. The van der Waals surface area contributed by atoms with Crippen LogP contribution < -0.4 is 14.4 Å². The molecule has 0 bridgehead atoms. The largest absolute Gasteiger partial charge is 0.497 e. The van der Waals surface area contributed by atoms with E-state index in [1.807, 2.05) is 30.3 Å². The number of hydrogen-bond acceptors (Lipinski definition) is 7. The van der Waals surface area contributed by atoms with Gasteiger partial charge in [0.05, 0.1) is 22.6 Å². The van der Waals surface area contributed by atoms with Gasteiger partial charge >= 0.3 is 0 Å². The van der Waals surface area contributed by atoms with Crippen molar-refractivity contribution in [1.82, 2.24) is 10.2 Å². The second kappa shape index (κ2) is 15.6. The van der Waals surface area contributed by atoms with Crippen molar-refractivity contribution in [2.75, 3.05) is 18.0 Å². The molecule has 0 aliphatic heterocycles. The molecule has 1 aliphatic carbocycles. The molecule has 0 heterocycles. The van der Waals surface area contributed by atoms with E-state index in [0.717, 1.165) is 41.6 Å². The summed E-state index contributed by atoms with van der Waals surface area (Å²) in [5.74, 6) is -0.444. The van der Waals surface area contributed by atoms with Crippen LogP contribution in [0.4, 0.5) is 11.4 Å². The van der Waals surface area contributed by atoms with Crippen molar-refractivity contribution in [1.29, 1.82) is 0 Å². The number of hydrogen-bond donors (Lipinski definition) is 1. The van der Waals surface area contributed by atoms with Crippen molar-refractivity contribution in [3.8, 4) is 5.75 Å². The predicted molar refractivity (Wildman–Crippen MR) is 182 cm³/mol. The first kappa shape index (κ1) is 34.1. The number of nitro groups is 1. The standard InChI is InChI=1S/C36H38N4O7S/c1-47-32-19-10-14-28(22-32)25-38(34(23-27-12-4-2-5-13-27)36(42)37-29-15-8-9-16-29)35(41)26-39(30-17-11-18-31(24-30)40(43)44)48(45,46)33-20-6-3-7-21-33/h2-7,10-14,17-22,24,29,34H,8-9,15-16,23,25-26H2,1H3,(H,37,42)/t34-/m0/s1. The SMILES string of the molecule is COc1cccc(CN(C(=O)CN(c2cccc([N+](=O)[O-])c2)S(=O)(=O)c2ccccc2)[C@@H](Cc2ccccc2)C(=O)NC2CCCC2)c1. The summed E-state index contributed by atoms with van der Waals surface area (Å²) in [5, 5.41) is 14.8. The van der Waals surface area contributed by atoms with Crippen LogP contribution >= 0.6 is 0 Å². The fraction of sp³-hybridized carbons (Fsp3) is 0.278. The van der Waals surface area contributed by atoms with Crippen LogP contribution in [0.3, 0.4) is 0 Å². The van der Waals surface area contributed by atoms with Gasteiger partial charge in [0.2, 0.25) is 11.8 Å². The lowest BCUT2D eigenvalue weighted by Crippen LogP contribution is -2.54. The van der Waals surface area contributed by atoms with Gasteiger partial charge in [0.1, 0.15) is 18.3 Å². The summed E-state index contributed by atoms with van der Waals surface area (Å²) in [4.78, 5) is 41.1. The molecule has 4 aromatic rings. The molecule has 0 saturated heterocycles. The molecule has 2 amide bonds. The van der Waals surface area contributed by atoms with Gasteiger partial charge in [-0.15, -0.1) is 0 Å². The highest BCUT2D eigenvalue weighted by Gasteiger charge is 2.36. The number of amides is 2. The molecule has 11 nitrogen and oxygen atoms in total. The van der Waals surface area contributed by atoms with Crippen LogP contribution in [0.5, 0.6) is 5.75 Å². The molecule has 1 atom stereocenters. The maximum atomic E-state index is 14.6. The van der Waals surface area contributed by atoms with Crippen LogP contribution in [0, 0.1) is 10.1 Å².